The first-order valence-corrected chi connectivity index (χ1v) is 9.97. The SMILES string of the molecule is COc1ccc(NC(=O)C(C)Oc2ccc(Cl)cc2Br)cc1N1CCCC1=O. The molecule has 1 fully saturated rings. The van der Waals surface area contributed by atoms with Crippen LogP contribution in [0.5, 0.6) is 11.5 Å². The maximum absolute atomic E-state index is 12.6. The Balaban J connectivity index is 1.73. The summed E-state index contributed by atoms with van der Waals surface area (Å²) in [7, 11) is 1.55. The molecule has 1 saturated heterocycles. The van der Waals surface area contributed by atoms with Crippen LogP contribution in [-0.4, -0.2) is 31.6 Å². The van der Waals surface area contributed by atoms with Crippen LogP contribution in [-0.2, 0) is 9.59 Å². The summed E-state index contributed by atoms with van der Waals surface area (Å²) in [6, 6.07) is 10.3. The van der Waals surface area contributed by atoms with Crippen LogP contribution in [0, 0.1) is 0 Å². The molecule has 0 aromatic heterocycles. The number of nitrogens with zero attached hydrogens (tertiary/aromatic N) is 1. The van der Waals surface area contributed by atoms with E-state index in [-0.39, 0.29) is 11.8 Å². The molecule has 1 heterocycles. The van der Waals surface area contributed by atoms with Gasteiger partial charge in [-0.2, -0.15) is 0 Å². The molecule has 8 heteroatoms. The van der Waals surface area contributed by atoms with Gasteiger partial charge in [0.2, 0.25) is 5.91 Å². The number of hydrogen-bond donors (Lipinski definition) is 1. The summed E-state index contributed by atoms with van der Waals surface area (Å²) in [4.78, 5) is 26.3. The monoisotopic (exact) mass is 466 g/mol. The summed E-state index contributed by atoms with van der Waals surface area (Å²) < 4.78 is 11.8. The van der Waals surface area contributed by atoms with Crippen LogP contribution in [0.25, 0.3) is 0 Å². The number of benzene rings is 2. The number of carbonyl (C=O) groups is 2. The van der Waals surface area contributed by atoms with Crippen LogP contribution in [0.15, 0.2) is 40.9 Å². The lowest BCUT2D eigenvalue weighted by molar-refractivity contribution is -0.122. The van der Waals surface area contributed by atoms with Crippen LogP contribution in [0.4, 0.5) is 11.4 Å². The maximum atomic E-state index is 12.6. The van der Waals surface area contributed by atoms with Gasteiger partial charge in [-0.1, -0.05) is 11.6 Å². The smallest absolute Gasteiger partial charge is 0.265 e. The summed E-state index contributed by atoms with van der Waals surface area (Å²) >= 11 is 9.29. The quantitative estimate of drug-likeness (QED) is 0.672. The number of rotatable bonds is 6. The van der Waals surface area contributed by atoms with Crippen molar-refractivity contribution in [3.8, 4) is 11.5 Å². The standard InChI is InChI=1S/C20H20BrClN2O4/c1-12(28-17-7-5-13(22)10-15(17)21)20(26)23-14-6-8-18(27-2)16(11-14)24-9-3-4-19(24)25/h5-8,10-12H,3-4,9H2,1-2H3,(H,23,26). The van der Waals surface area contributed by atoms with Crippen LogP contribution < -0.4 is 19.7 Å². The fraction of sp³-hybridized carbons (Fsp3) is 0.300. The van der Waals surface area contributed by atoms with Gasteiger partial charge in [-0.25, -0.2) is 0 Å². The second-order valence-corrected chi connectivity index (χ2v) is 7.65. The minimum Gasteiger partial charge on any atom is -0.495 e. The molecule has 0 bridgehead atoms. The van der Waals surface area contributed by atoms with Gasteiger partial charge in [-0.3, -0.25) is 9.59 Å². The maximum Gasteiger partial charge on any atom is 0.265 e. The molecule has 2 amide bonds. The van der Waals surface area contributed by atoms with Crippen molar-refractivity contribution < 1.29 is 19.1 Å². The van der Waals surface area contributed by atoms with E-state index in [9.17, 15) is 9.59 Å². The van der Waals surface area contributed by atoms with Gasteiger partial charge in [-0.05, 0) is 65.7 Å². The van der Waals surface area contributed by atoms with Gasteiger partial charge in [0.05, 0.1) is 17.3 Å². The summed E-state index contributed by atoms with van der Waals surface area (Å²) in [5, 5.41) is 3.39. The molecule has 148 valence electrons. The number of ether oxygens (including phenoxy) is 2. The van der Waals surface area contributed by atoms with E-state index in [1.807, 2.05) is 0 Å². The summed E-state index contributed by atoms with van der Waals surface area (Å²) in [5.74, 6) is 0.838. The summed E-state index contributed by atoms with van der Waals surface area (Å²) in [5.41, 5.74) is 1.21. The van der Waals surface area contributed by atoms with Crippen molar-refractivity contribution in [2.75, 3.05) is 23.9 Å². The molecule has 1 N–H and O–H groups in total. The lowest BCUT2D eigenvalue weighted by Gasteiger charge is -2.21. The number of carbonyl (C=O) groups excluding carboxylic acids is 2. The van der Waals surface area contributed by atoms with Crippen LogP contribution >= 0.6 is 27.5 Å². The third kappa shape index (κ3) is 4.59. The van der Waals surface area contributed by atoms with Crippen molar-refractivity contribution in [2.45, 2.75) is 25.9 Å². The van der Waals surface area contributed by atoms with E-state index in [2.05, 4.69) is 21.2 Å². The third-order valence-electron chi connectivity index (χ3n) is 4.38. The molecule has 0 saturated carbocycles. The molecule has 2 aromatic rings. The van der Waals surface area contributed by atoms with E-state index in [4.69, 9.17) is 21.1 Å². The largest absolute Gasteiger partial charge is 0.495 e. The lowest BCUT2D eigenvalue weighted by Crippen LogP contribution is -2.30. The first kappa shape index (κ1) is 20.5. The molecule has 0 aliphatic carbocycles. The molecule has 28 heavy (non-hydrogen) atoms. The Kier molecular flexibility index (Phi) is 6.46. The highest BCUT2D eigenvalue weighted by atomic mass is 79.9. The first-order valence-electron chi connectivity index (χ1n) is 8.80. The second-order valence-electron chi connectivity index (χ2n) is 6.36. The number of hydrogen-bond acceptors (Lipinski definition) is 4. The first-order chi connectivity index (χ1) is 13.4. The van der Waals surface area contributed by atoms with Crippen molar-refractivity contribution in [3.63, 3.8) is 0 Å². The fourth-order valence-corrected chi connectivity index (χ4v) is 3.72. The minimum absolute atomic E-state index is 0.0473. The fourth-order valence-electron chi connectivity index (χ4n) is 2.94. The van der Waals surface area contributed by atoms with Crippen molar-refractivity contribution in [1.29, 1.82) is 0 Å². The van der Waals surface area contributed by atoms with Crippen LogP contribution in [0.3, 0.4) is 0 Å². The molecule has 0 spiro atoms. The van der Waals surface area contributed by atoms with Crippen molar-refractivity contribution >= 4 is 50.7 Å². The normalized spacial score (nSPS) is 14.7. The van der Waals surface area contributed by atoms with E-state index in [0.29, 0.717) is 45.3 Å². The van der Waals surface area contributed by atoms with E-state index >= 15 is 0 Å². The lowest BCUT2D eigenvalue weighted by atomic mass is 10.2. The number of anilines is 2. The average Bonchev–Trinajstić information content (AvgIpc) is 3.09. The number of amides is 2. The Bertz CT molecular complexity index is 906. The van der Waals surface area contributed by atoms with Gasteiger partial charge in [0.25, 0.3) is 5.91 Å². The van der Waals surface area contributed by atoms with Gasteiger partial charge in [0.15, 0.2) is 6.10 Å². The Labute approximate surface area is 176 Å². The van der Waals surface area contributed by atoms with Gasteiger partial charge < -0.3 is 19.7 Å². The molecule has 6 nitrogen and oxygen atoms in total. The Morgan fingerprint density at radius 3 is 2.64 bits per heavy atom. The number of methoxy groups -OCH3 is 1. The van der Waals surface area contributed by atoms with Crippen LogP contribution in [0.1, 0.15) is 19.8 Å². The minimum atomic E-state index is -0.739. The average molecular weight is 468 g/mol. The molecule has 1 aliphatic rings. The van der Waals surface area contributed by atoms with E-state index in [1.165, 1.54) is 0 Å². The van der Waals surface area contributed by atoms with Gasteiger partial charge >= 0.3 is 0 Å². The van der Waals surface area contributed by atoms with Crippen molar-refractivity contribution in [2.24, 2.45) is 0 Å². The molecule has 1 atom stereocenters. The van der Waals surface area contributed by atoms with E-state index in [1.54, 1.807) is 55.3 Å². The van der Waals surface area contributed by atoms with Crippen molar-refractivity contribution in [3.05, 3.63) is 45.9 Å². The Morgan fingerprint density at radius 2 is 2.00 bits per heavy atom. The predicted octanol–water partition coefficient (Wildman–Crippen LogP) is 4.64. The van der Waals surface area contributed by atoms with Gasteiger partial charge in [0.1, 0.15) is 11.5 Å². The van der Waals surface area contributed by atoms with Crippen LogP contribution in [0.2, 0.25) is 5.02 Å². The zero-order valence-electron chi connectivity index (χ0n) is 15.5. The molecule has 1 unspecified atom stereocenters. The highest BCUT2D eigenvalue weighted by Crippen LogP contribution is 2.34. The number of nitrogens with one attached hydrogen (secondary N) is 1. The topological polar surface area (TPSA) is 67.9 Å². The summed E-state index contributed by atoms with van der Waals surface area (Å²) in [6.45, 7) is 2.29. The predicted molar refractivity (Wildman–Crippen MR) is 112 cm³/mol. The highest BCUT2D eigenvalue weighted by molar-refractivity contribution is 9.10. The molecular formula is C20H20BrClN2O4. The molecule has 0 radical (unpaired) electrons. The molecule has 1 aliphatic heterocycles. The van der Waals surface area contributed by atoms with E-state index in [0.717, 1.165) is 6.42 Å². The molecular weight excluding hydrogens is 448 g/mol. The van der Waals surface area contributed by atoms with E-state index < -0.39 is 6.10 Å². The Morgan fingerprint density at radius 1 is 1.25 bits per heavy atom. The molecule has 3 rings (SSSR count). The molecule has 2 aromatic carbocycles. The highest BCUT2D eigenvalue weighted by Gasteiger charge is 2.25. The number of halogens is 2. The van der Waals surface area contributed by atoms with Crippen molar-refractivity contribution in [1.82, 2.24) is 0 Å². The summed E-state index contributed by atoms with van der Waals surface area (Å²) in [6.07, 6.45) is 0.580. The van der Waals surface area contributed by atoms with Gasteiger partial charge in [-0.15, -0.1) is 0 Å². The third-order valence-corrected chi connectivity index (χ3v) is 5.23. The zero-order chi connectivity index (χ0) is 20.3. The van der Waals surface area contributed by atoms with Gasteiger partial charge in [0, 0.05) is 23.7 Å². The Hall–Kier alpha value is -2.25. The zero-order valence-corrected chi connectivity index (χ0v) is 17.8. The second kappa shape index (κ2) is 8.84.